The van der Waals surface area contributed by atoms with Crippen molar-refractivity contribution in [2.75, 3.05) is 9.80 Å². The summed E-state index contributed by atoms with van der Waals surface area (Å²) in [5.41, 5.74) is 12.8. The first-order chi connectivity index (χ1) is 32.0. The normalized spacial score (nSPS) is 13.2. The summed E-state index contributed by atoms with van der Waals surface area (Å²) in [5, 5.41) is 2.21. The van der Waals surface area contributed by atoms with Crippen LogP contribution in [-0.2, 0) is 42.7 Å². The van der Waals surface area contributed by atoms with Crippen molar-refractivity contribution in [3.05, 3.63) is 222 Å². The number of hydrogen-bond acceptors (Lipinski definition) is 4. The van der Waals surface area contributed by atoms with Gasteiger partial charge in [-0.3, -0.25) is 0 Å². The summed E-state index contributed by atoms with van der Waals surface area (Å²) in [7, 11) is 0. The van der Waals surface area contributed by atoms with Crippen molar-refractivity contribution in [2.45, 2.75) is 90.9 Å². The fourth-order valence-corrected chi connectivity index (χ4v) is 9.48. The zero-order valence-electron chi connectivity index (χ0n) is 40.8. The zero-order chi connectivity index (χ0) is 46.9. The minimum Gasteiger partial charge on any atom is -0.509 e. The van der Waals surface area contributed by atoms with Crippen molar-refractivity contribution in [3.63, 3.8) is 0 Å². The summed E-state index contributed by atoms with van der Waals surface area (Å²) in [6, 6.07) is 66.1. The average molecular weight is 1070 g/mol. The molecule has 0 atom stereocenters. The van der Waals surface area contributed by atoms with Gasteiger partial charge in [0.25, 0.3) is 0 Å². The minimum atomic E-state index is -0.368. The molecule has 0 spiro atoms. The predicted octanol–water partition coefficient (Wildman–Crippen LogP) is 16.2. The van der Waals surface area contributed by atoms with E-state index in [2.05, 4.69) is 260 Å². The number of nitrogens with zero attached hydrogens (tertiary/aromatic N) is 4. The third-order valence-corrected chi connectivity index (χ3v) is 13.9. The maximum absolute atomic E-state index is 7.00. The molecule has 0 fully saturated rings. The van der Waals surface area contributed by atoms with Gasteiger partial charge in [-0.2, -0.15) is 6.07 Å². The van der Waals surface area contributed by atoms with Gasteiger partial charge in [-0.15, -0.1) is 53.6 Å². The van der Waals surface area contributed by atoms with E-state index in [0.717, 1.165) is 55.9 Å². The van der Waals surface area contributed by atoms with Gasteiger partial charge in [0.05, 0.1) is 0 Å². The molecule has 0 bridgehead atoms. The Hall–Kier alpha value is -6.42. The first-order valence-corrected chi connectivity index (χ1v) is 23.4. The van der Waals surface area contributed by atoms with Crippen molar-refractivity contribution < 1.29 is 25.8 Å². The third-order valence-electron chi connectivity index (χ3n) is 13.9. The Morgan fingerprint density at radius 2 is 1.10 bits per heavy atom. The molecule has 0 unspecified atom stereocenters. The molecule has 346 valence electrons. The summed E-state index contributed by atoms with van der Waals surface area (Å²) in [6.07, 6.45) is 1.92. The number of pyridine rings is 1. The van der Waals surface area contributed by atoms with E-state index >= 15 is 0 Å². The van der Waals surface area contributed by atoms with Crippen molar-refractivity contribution in [1.29, 1.82) is 0 Å². The smallest absolute Gasteiger partial charge is 0.135 e. The Balaban J connectivity index is 0.00000578. The zero-order valence-corrected chi connectivity index (χ0v) is 43.0. The topological polar surface area (TPSA) is 33.5 Å². The van der Waals surface area contributed by atoms with Crippen LogP contribution in [0.25, 0.3) is 27.6 Å². The molecular formula is C62H59N4OPt-3. The predicted molar refractivity (Wildman–Crippen MR) is 279 cm³/mol. The van der Waals surface area contributed by atoms with E-state index in [9.17, 15) is 0 Å². The number of ether oxygens (including phenoxy) is 1. The van der Waals surface area contributed by atoms with Crippen LogP contribution in [-0.4, -0.2) is 9.55 Å². The monoisotopic (exact) mass is 1070 g/mol. The number of fused-ring (bicyclic) bond motifs is 4. The molecule has 0 saturated heterocycles. The third kappa shape index (κ3) is 8.56. The molecule has 1 aliphatic heterocycles. The number of rotatable bonds is 9. The average Bonchev–Trinajstić information content (AvgIpc) is 3.87. The van der Waals surface area contributed by atoms with Crippen LogP contribution in [0.4, 0.5) is 22.7 Å². The van der Waals surface area contributed by atoms with Gasteiger partial charge in [0.1, 0.15) is 5.82 Å². The number of aromatic nitrogens is 2. The van der Waals surface area contributed by atoms with E-state index in [1.54, 1.807) is 0 Å². The number of hydrogen-bond donors (Lipinski definition) is 0. The van der Waals surface area contributed by atoms with Gasteiger partial charge < -0.3 is 19.1 Å². The van der Waals surface area contributed by atoms with E-state index < -0.39 is 0 Å². The fourth-order valence-electron chi connectivity index (χ4n) is 9.48. The summed E-state index contributed by atoms with van der Waals surface area (Å²) < 4.78 is 9.22. The summed E-state index contributed by atoms with van der Waals surface area (Å²) in [6.45, 7) is 24.9. The van der Waals surface area contributed by atoms with Crippen molar-refractivity contribution in [1.82, 2.24) is 9.55 Å². The van der Waals surface area contributed by atoms with Crippen LogP contribution < -0.4 is 14.5 Å². The maximum atomic E-state index is 7.00. The number of para-hydroxylation sites is 1. The molecule has 2 aromatic heterocycles. The van der Waals surface area contributed by atoms with Gasteiger partial charge in [-0.1, -0.05) is 172 Å². The van der Waals surface area contributed by atoms with Gasteiger partial charge in [0, 0.05) is 66.8 Å². The van der Waals surface area contributed by atoms with Gasteiger partial charge in [-0.05, 0) is 91.9 Å². The SMILES string of the molecule is CC(C)(C)c1cccc(N2[CH-]N(c3[c-]c(Oc4[c-]c5c(cc4)c4ccccc4n5-c4cc(C(C)(C)c5ccccc5)ccn4)cc(C(C)(C)c4ccccc4)c3)c3ccc(C(C)(C)C)cc32)c1.[Pt]. The van der Waals surface area contributed by atoms with Crippen LogP contribution in [0.1, 0.15) is 103 Å². The van der Waals surface area contributed by atoms with Crippen LogP contribution in [0.15, 0.2) is 170 Å². The first kappa shape index (κ1) is 46.7. The maximum Gasteiger partial charge on any atom is 0.135 e. The van der Waals surface area contributed by atoms with Gasteiger partial charge >= 0.3 is 0 Å². The molecule has 6 heteroatoms. The molecule has 3 heterocycles. The molecule has 5 nitrogen and oxygen atoms in total. The second kappa shape index (κ2) is 17.6. The van der Waals surface area contributed by atoms with E-state index in [1.165, 1.54) is 27.8 Å². The largest absolute Gasteiger partial charge is 0.509 e. The molecule has 0 saturated carbocycles. The van der Waals surface area contributed by atoms with Gasteiger partial charge in [0.2, 0.25) is 0 Å². The van der Waals surface area contributed by atoms with E-state index in [0.29, 0.717) is 11.5 Å². The summed E-state index contributed by atoms with van der Waals surface area (Å²) in [4.78, 5) is 9.59. The van der Waals surface area contributed by atoms with Crippen LogP contribution in [0.3, 0.4) is 0 Å². The second-order valence-corrected chi connectivity index (χ2v) is 21.2. The molecule has 9 aromatic rings. The van der Waals surface area contributed by atoms with Crippen molar-refractivity contribution in [3.8, 4) is 17.3 Å². The Bertz CT molecular complexity index is 3280. The Morgan fingerprint density at radius 3 is 1.79 bits per heavy atom. The Labute approximate surface area is 417 Å². The van der Waals surface area contributed by atoms with E-state index in [4.69, 9.17) is 9.72 Å². The molecule has 0 amide bonds. The molecule has 1 aliphatic rings. The van der Waals surface area contributed by atoms with E-state index in [-0.39, 0.29) is 42.7 Å². The van der Waals surface area contributed by atoms with Crippen molar-refractivity contribution in [2.24, 2.45) is 0 Å². The van der Waals surface area contributed by atoms with Crippen LogP contribution in [0, 0.1) is 18.8 Å². The second-order valence-electron chi connectivity index (χ2n) is 21.2. The number of benzene rings is 7. The molecule has 0 aliphatic carbocycles. The quantitative estimate of drug-likeness (QED) is 0.135. The molecule has 0 radical (unpaired) electrons. The van der Waals surface area contributed by atoms with Crippen molar-refractivity contribution >= 4 is 44.6 Å². The Morgan fingerprint density at radius 1 is 0.471 bits per heavy atom. The summed E-state index contributed by atoms with van der Waals surface area (Å²) in [5.74, 6) is 2.03. The van der Waals surface area contributed by atoms with Crippen LogP contribution >= 0.6 is 0 Å². The molecule has 7 aromatic carbocycles. The van der Waals surface area contributed by atoms with Gasteiger partial charge in [-0.25, -0.2) is 4.98 Å². The minimum absolute atomic E-state index is 0. The van der Waals surface area contributed by atoms with E-state index in [1.807, 2.05) is 12.3 Å². The summed E-state index contributed by atoms with van der Waals surface area (Å²) >= 11 is 0. The van der Waals surface area contributed by atoms with Crippen LogP contribution in [0.5, 0.6) is 11.5 Å². The fraction of sp³-hybridized carbons (Fsp3) is 0.226. The molecule has 0 N–H and O–H groups in total. The van der Waals surface area contributed by atoms with Gasteiger partial charge in [0.15, 0.2) is 0 Å². The standard InChI is InChI=1S/C62H59N4O.Pt/c1-59(2,3)44-24-19-25-48(34-44)64-41-65(55-31-28-45(37-57(55)64)60(4,5)6)49-35-47(62(9,10)43-22-15-12-16-23-43)36-51(39-49)67-50-29-30-53-52-26-17-18-27-54(52)66(56(53)40-50)58-38-46(32-33-63-58)61(7,8)42-20-13-11-14-21-42;/h11-38,41H,1-10H3;/q-3;. The van der Waals surface area contributed by atoms with Crippen LogP contribution in [0.2, 0.25) is 0 Å². The first-order valence-electron chi connectivity index (χ1n) is 23.4. The Kier molecular flexibility index (Phi) is 12.1. The molecule has 10 rings (SSSR count). The molecule has 68 heavy (non-hydrogen) atoms. The molecular weight excluding hydrogens is 1010 g/mol. The number of anilines is 4.